The Hall–Kier alpha value is -1.70. The Morgan fingerprint density at radius 3 is 3.00 bits per heavy atom. The van der Waals surface area contributed by atoms with Crippen molar-refractivity contribution in [2.75, 3.05) is 13.1 Å². The molecule has 1 aliphatic heterocycles. The molecule has 0 amide bonds. The van der Waals surface area contributed by atoms with E-state index in [1.807, 2.05) is 18.2 Å². The summed E-state index contributed by atoms with van der Waals surface area (Å²) in [5, 5.41) is 7.05. The fraction of sp³-hybridized carbons (Fsp3) is 0.400. The highest BCUT2D eigenvalue weighted by atomic mass is 32.2. The summed E-state index contributed by atoms with van der Waals surface area (Å²) >= 11 is 0. The maximum absolute atomic E-state index is 12.1. The largest absolute Gasteiger partial charge is 0.360 e. The second-order valence-corrected chi connectivity index (χ2v) is 7.30. The van der Waals surface area contributed by atoms with Gasteiger partial charge in [0, 0.05) is 18.7 Å². The lowest BCUT2D eigenvalue weighted by molar-refractivity contribution is 0.388. The summed E-state index contributed by atoms with van der Waals surface area (Å²) in [5.74, 6) is 0.157. The number of sulfonamides is 1. The smallest absolute Gasteiger partial charge is 0.219 e. The van der Waals surface area contributed by atoms with Gasteiger partial charge in [-0.05, 0) is 31.0 Å². The van der Waals surface area contributed by atoms with Gasteiger partial charge in [-0.2, -0.15) is 0 Å². The Morgan fingerprint density at radius 2 is 2.23 bits per heavy atom. The molecular weight excluding hydrogens is 302 g/mol. The molecule has 1 aromatic carbocycles. The zero-order valence-corrected chi connectivity index (χ0v) is 13.2. The molecule has 0 spiro atoms. The van der Waals surface area contributed by atoms with Gasteiger partial charge in [0.1, 0.15) is 5.75 Å². The molecule has 22 heavy (non-hydrogen) atoms. The van der Waals surface area contributed by atoms with Crippen molar-refractivity contribution >= 4 is 10.0 Å². The number of aromatic nitrogens is 1. The number of aryl methyl sites for hydroxylation is 1. The first-order chi connectivity index (χ1) is 10.5. The van der Waals surface area contributed by atoms with Gasteiger partial charge in [-0.3, -0.25) is 0 Å². The van der Waals surface area contributed by atoms with Crippen LogP contribution in [-0.4, -0.2) is 26.7 Å². The van der Waals surface area contributed by atoms with Crippen LogP contribution in [0.15, 0.2) is 34.9 Å². The van der Waals surface area contributed by atoms with Crippen LogP contribution >= 0.6 is 0 Å². The highest BCUT2D eigenvalue weighted by molar-refractivity contribution is 7.88. The summed E-state index contributed by atoms with van der Waals surface area (Å²) in [6.07, 6.45) is 0.969. The maximum atomic E-state index is 12.1. The van der Waals surface area contributed by atoms with Crippen LogP contribution in [0, 0.1) is 6.92 Å². The van der Waals surface area contributed by atoms with E-state index in [-0.39, 0.29) is 11.8 Å². The number of nitrogens with one attached hydrogen (secondary N) is 2. The third kappa shape index (κ3) is 3.55. The van der Waals surface area contributed by atoms with Crippen LogP contribution in [0.2, 0.25) is 0 Å². The highest BCUT2D eigenvalue weighted by Crippen LogP contribution is 2.22. The Bertz CT molecular complexity index is 755. The van der Waals surface area contributed by atoms with Crippen molar-refractivity contribution in [3.05, 3.63) is 52.9 Å². The standard InChI is InChI=1S/C15H19N3O3S/c1-11-8-13(21-18-11)10-22(19,20)17-9-15-14-5-3-2-4-12(14)6-7-16-15/h2-5,8,15-17H,6-7,9-10H2,1H3. The molecule has 0 saturated carbocycles. The van der Waals surface area contributed by atoms with E-state index in [9.17, 15) is 8.42 Å². The molecule has 0 radical (unpaired) electrons. The highest BCUT2D eigenvalue weighted by Gasteiger charge is 2.22. The van der Waals surface area contributed by atoms with Crippen LogP contribution in [0.3, 0.4) is 0 Å². The Labute approximate surface area is 129 Å². The van der Waals surface area contributed by atoms with Crippen molar-refractivity contribution in [3.8, 4) is 0 Å². The summed E-state index contributed by atoms with van der Waals surface area (Å²) in [6.45, 7) is 2.94. The van der Waals surface area contributed by atoms with Gasteiger partial charge >= 0.3 is 0 Å². The molecule has 1 unspecified atom stereocenters. The van der Waals surface area contributed by atoms with Crippen LogP contribution in [0.1, 0.15) is 28.6 Å². The Balaban J connectivity index is 1.65. The second-order valence-electron chi connectivity index (χ2n) is 5.50. The van der Waals surface area contributed by atoms with Crippen LogP contribution in [-0.2, 0) is 22.2 Å². The molecule has 7 heteroatoms. The van der Waals surface area contributed by atoms with E-state index in [4.69, 9.17) is 4.52 Å². The normalized spacial score (nSPS) is 18.1. The van der Waals surface area contributed by atoms with Crippen molar-refractivity contribution in [2.24, 2.45) is 0 Å². The molecular formula is C15H19N3O3S. The SMILES string of the molecule is Cc1cc(CS(=O)(=O)NCC2NCCc3ccccc32)on1. The van der Waals surface area contributed by atoms with Gasteiger partial charge in [0.25, 0.3) is 0 Å². The lowest BCUT2D eigenvalue weighted by atomic mass is 9.95. The van der Waals surface area contributed by atoms with Crippen molar-refractivity contribution in [2.45, 2.75) is 25.1 Å². The number of hydrogen-bond donors (Lipinski definition) is 2. The van der Waals surface area contributed by atoms with Crippen molar-refractivity contribution in [1.29, 1.82) is 0 Å². The maximum Gasteiger partial charge on any atom is 0.219 e. The molecule has 118 valence electrons. The number of hydrogen-bond acceptors (Lipinski definition) is 5. The second kappa shape index (κ2) is 6.20. The first-order valence-corrected chi connectivity index (χ1v) is 8.89. The summed E-state index contributed by atoms with van der Waals surface area (Å²) in [5.41, 5.74) is 3.11. The molecule has 3 rings (SSSR count). The first kappa shape index (κ1) is 15.2. The Morgan fingerprint density at radius 1 is 1.41 bits per heavy atom. The van der Waals surface area contributed by atoms with E-state index < -0.39 is 10.0 Å². The zero-order chi connectivity index (χ0) is 15.6. The van der Waals surface area contributed by atoms with Crippen LogP contribution < -0.4 is 10.0 Å². The fourth-order valence-electron chi connectivity index (χ4n) is 2.71. The molecule has 1 atom stereocenters. The van der Waals surface area contributed by atoms with Crippen molar-refractivity contribution in [3.63, 3.8) is 0 Å². The number of rotatable bonds is 5. The average molecular weight is 321 g/mol. The molecule has 2 N–H and O–H groups in total. The van der Waals surface area contributed by atoms with Gasteiger partial charge in [0.05, 0.1) is 5.69 Å². The predicted octanol–water partition coefficient (Wildman–Crippen LogP) is 1.29. The minimum Gasteiger partial charge on any atom is -0.360 e. The van der Waals surface area contributed by atoms with E-state index in [2.05, 4.69) is 21.3 Å². The van der Waals surface area contributed by atoms with Crippen LogP contribution in [0.4, 0.5) is 0 Å². The van der Waals surface area contributed by atoms with Gasteiger partial charge in [0.15, 0.2) is 5.76 Å². The number of benzene rings is 1. The molecule has 2 aromatic rings. The molecule has 0 bridgehead atoms. The molecule has 1 aromatic heterocycles. The van der Waals surface area contributed by atoms with Gasteiger partial charge in [-0.25, -0.2) is 13.1 Å². The van der Waals surface area contributed by atoms with Crippen LogP contribution in [0.25, 0.3) is 0 Å². The van der Waals surface area contributed by atoms with Gasteiger partial charge in [0.2, 0.25) is 10.0 Å². The van der Waals surface area contributed by atoms with Crippen LogP contribution in [0.5, 0.6) is 0 Å². The quantitative estimate of drug-likeness (QED) is 0.867. The lowest BCUT2D eigenvalue weighted by Crippen LogP contribution is -2.39. The third-order valence-electron chi connectivity index (χ3n) is 3.73. The Kier molecular flexibility index (Phi) is 4.28. The first-order valence-electron chi connectivity index (χ1n) is 7.24. The van der Waals surface area contributed by atoms with Gasteiger partial charge in [-0.1, -0.05) is 29.4 Å². The molecule has 2 heterocycles. The van der Waals surface area contributed by atoms with E-state index >= 15 is 0 Å². The fourth-order valence-corrected chi connectivity index (χ4v) is 3.74. The average Bonchev–Trinajstić information content (AvgIpc) is 2.89. The van der Waals surface area contributed by atoms with E-state index in [0.29, 0.717) is 18.0 Å². The van der Waals surface area contributed by atoms with E-state index in [1.54, 1.807) is 13.0 Å². The summed E-state index contributed by atoms with van der Waals surface area (Å²) in [4.78, 5) is 0. The molecule has 6 nitrogen and oxygen atoms in total. The summed E-state index contributed by atoms with van der Waals surface area (Å²) in [6, 6.07) is 9.75. The summed E-state index contributed by atoms with van der Waals surface area (Å²) < 4.78 is 31.9. The zero-order valence-electron chi connectivity index (χ0n) is 12.4. The number of nitrogens with zero attached hydrogens (tertiary/aromatic N) is 1. The molecule has 0 saturated heterocycles. The minimum absolute atomic E-state index is 0.00353. The third-order valence-corrected chi connectivity index (χ3v) is 5.00. The topological polar surface area (TPSA) is 84.2 Å². The molecule has 1 aliphatic rings. The van der Waals surface area contributed by atoms with Gasteiger partial charge < -0.3 is 9.84 Å². The van der Waals surface area contributed by atoms with Crippen molar-refractivity contribution in [1.82, 2.24) is 15.2 Å². The van der Waals surface area contributed by atoms with E-state index in [1.165, 1.54) is 5.56 Å². The minimum atomic E-state index is -3.45. The van der Waals surface area contributed by atoms with Gasteiger partial charge in [-0.15, -0.1) is 0 Å². The summed E-state index contributed by atoms with van der Waals surface area (Å²) in [7, 11) is -3.45. The molecule has 0 fully saturated rings. The predicted molar refractivity (Wildman–Crippen MR) is 82.8 cm³/mol. The van der Waals surface area contributed by atoms with Crippen molar-refractivity contribution < 1.29 is 12.9 Å². The number of fused-ring (bicyclic) bond motifs is 1. The lowest BCUT2D eigenvalue weighted by Gasteiger charge is -2.27. The monoisotopic (exact) mass is 321 g/mol. The van der Waals surface area contributed by atoms with E-state index in [0.717, 1.165) is 18.5 Å². The molecule has 0 aliphatic carbocycles.